The van der Waals surface area contributed by atoms with Crippen molar-refractivity contribution in [3.05, 3.63) is 59.8 Å². The lowest BCUT2D eigenvalue weighted by atomic mass is 10.1. The summed E-state index contributed by atoms with van der Waals surface area (Å²) in [6.45, 7) is 0.0970. The first kappa shape index (κ1) is 16.9. The van der Waals surface area contributed by atoms with Crippen molar-refractivity contribution in [2.75, 3.05) is 19.5 Å². The van der Waals surface area contributed by atoms with E-state index in [1.54, 1.807) is 7.11 Å². The van der Waals surface area contributed by atoms with Crippen molar-refractivity contribution in [1.82, 2.24) is 9.55 Å². The predicted octanol–water partition coefficient (Wildman–Crippen LogP) is 4.29. The Kier molecular flexibility index (Phi) is 5.45. The van der Waals surface area contributed by atoms with Crippen molar-refractivity contribution >= 4 is 23.4 Å². The molecule has 3 aromatic rings. The van der Waals surface area contributed by atoms with E-state index in [2.05, 4.69) is 4.98 Å². The van der Waals surface area contributed by atoms with Crippen LogP contribution in [-0.4, -0.2) is 34.1 Å². The van der Waals surface area contributed by atoms with Crippen molar-refractivity contribution < 1.29 is 9.84 Å². The third-order valence-electron chi connectivity index (χ3n) is 3.52. The second-order valence-electron chi connectivity index (χ2n) is 5.01. The Labute approximate surface area is 150 Å². The number of benzene rings is 2. The number of hydrogen-bond donors (Lipinski definition) is 1. The van der Waals surface area contributed by atoms with Crippen LogP contribution in [0, 0.1) is 0 Å². The molecule has 0 fully saturated rings. The van der Waals surface area contributed by atoms with Crippen LogP contribution >= 0.6 is 23.4 Å². The summed E-state index contributed by atoms with van der Waals surface area (Å²) in [5.74, 6) is 1.34. The van der Waals surface area contributed by atoms with Crippen LogP contribution in [0.5, 0.6) is 5.75 Å². The molecule has 24 heavy (non-hydrogen) atoms. The van der Waals surface area contributed by atoms with Crippen molar-refractivity contribution in [2.45, 2.75) is 5.16 Å². The third-order valence-corrected chi connectivity index (χ3v) is 4.70. The minimum absolute atomic E-state index is 0.0970. The van der Waals surface area contributed by atoms with Crippen LogP contribution in [0.3, 0.4) is 0 Å². The van der Waals surface area contributed by atoms with Crippen LogP contribution in [0.4, 0.5) is 0 Å². The zero-order chi connectivity index (χ0) is 16.9. The Morgan fingerprint density at radius 1 is 1.17 bits per heavy atom. The highest BCUT2D eigenvalue weighted by Gasteiger charge is 2.16. The van der Waals surface area contributed by atoms with Gasteiger partial charge in [0.15, 0.2) is 5.16 Å². The van der Waals surface area contributed by atoms with Crippen LogP contribution in [-0.2, 0) is 0 Å². The number of aliphatic hydroxyl groups is 1. The number of aromatic nitrogens is 2. The molecule has 0 unspecified atom stereocenters. The van der Waals surface area contributed by atoms with Gasteiger partial charge >= 0.3 is 0 Å². The molecule has 0 saturated carbocycles. The van der Waals surface area contributed by atoms with Gasteiger partial charge in [-0.3, -0.25) is 4.57 Å². The van der Waals surface area contributed by atoms with Crippen LogP contribution in [0.1, 0.15) is 0 Å². The van der Waals surface area contributed by atoms with Crippen LogP contribution in [0.15, 0.2) is 59.9 Å². The van der Waals surface area contributed by atoms with Gasteiger partial charge in [0, 0.05) is 16.3 Å². The lowest BCUT2D eigenvalue weighted by molar-refractivity contribution is 0.322. The molecule has 0 bridgehead atoms. The standard InChI is InChI=1S/C18H17ClN2O2S/c1-23-17-5-3-2-4-15(17)21-16(12-20-18(21)24-11-10-22)13-6-8-14(19)9-7-13/h2-9,12,22H,10-11H2,1H3. The molecule has 1 N–H and O–H groups in total. The first-order valence-corrected chi connectivity index (χ1v) is 8.81. The molecule has 3 rings (SSSR count). The number of ether oxygens (including phenoxy) is 1. The predicted molar refractivity (Wildman–Crippen MR) is 98.4 cm³/mol. The highest BCUT2D eigenvalue weighted by molar-refractivity contribution is 7.99. The maximum atomic E-state index is 9.15. The highest BCUT2D eigenvalue weighted by atomic mass is 35.5. The maximum absolute atomic E-state index is 9.15. The normalized spacial score (nSPS) is 10.8. The number of aliphatic hydroxyl groups excluding tert-OH is 1. The summed E-state index contributed by atoms with van der Waals surface area (Å²) in [6.07, 6.45) is 1.83. The summed E-state index contributed by atoms with van der Waals surface area (Å²) in [7, 11) is 1.65. The molecule has 6 heteroatoms. The number of rotatable bonds is 6. The molecule has 0 aliphatic rings. The molecule has 0 spiro atoms. The van der Waals surface area contributed by atoms with E-state index < -0.39 is 0 Å². The first-order chi connectivity index (χ1) is 11.7. The number of nitrogens with zero attached hydrogens (tertiary/aromatic N) is 2. The molecule has 1 aromatic heterocycles. The highest BCUT2D eigenvalue weighted by Crippen LogP contribution is 2.34. The van der Waals surface area contributed by atoms with E-state index in [0.717, 1.165) is 27.9 Å². The third kappa shape index (κ3) is 3.43. The summed E-state index contributed by atoms with van der Waals surface area (Å²) in [4.78, 5) is 4.53. The zero-order valence-electron chi connectivity index (χ0n) is 13.1. The van der Waals surface area contributed by atoms with Gasteiger partial charge in [-0.25, -0.2) is 4.98 Å². The van der Waals surface area contributed by atoms with Crippen molar-refractivity contribution in [3.8, 4) is 22.7 Å². The second-order valence-corrected chi connectivity index (χ2v) is 6.51. The first-order valence-electron chi connectivity index (χ1n) is 7.45. The molecule has 0 radical (unpaired) electrons. The Balaban J connectivity index is 2.16. The van der Waals surface area contributed by atoms with Gasteiger partial charge in [0.05, 0.1) is 31.3 Å². The SMILES string of the molecule is COc1ccccc1-n1c(-c2ccc(Cl)cc2)cnc1SCCO. The van der Waals surface area contributed by atoms with Gasteiger partial charge in [-0.1, -0.05) is 47.6 Å². The molecule has 0 aliphatic carbocycles. The van der Waals surface area contributed by atoms with Crippen LogP contribution in [0.25, 0.3) is 16.9 Å². The van der Waals surface area contributed by atoms with Gasteiger partial charge in [-0.2, -0.15) is 0 Å². The summed E-state index contributed by atoms with van der Waals surface area (Å²) in [6, 6.07) is 15.4. The van der Waals surface area contributed by atoms with E-state index in [1.807, 2.05) is 59.3 Å². The molecule has 0 atom stereocenters. The van der Waals surface area contributed by atoms with E-state index in [4.69, 9.17) is 21.4 Å². The summed E-state index contributed by atoms with van der Waals surface area (Å²) in [5, 5.41) is 10.6. The van der Waals surface area contributed by atoms with Gasteiger partial charge in [0.2, 0.25) is 0 Å². The Hall–Kier alpha value is -1.95. The summed E-state index contributed by atoms with van der Waals surface area (Å²) >= 11 is 7.50. The molecular weight excluding hydrogens is 344 g/mol. The fourth-order valence-electron chi connectivity index (χ4n) is 2.45. The fourth-order valence-corrected chi connectivity index (χ4v) is 3.30. The van der Waals surface area contributed by atoms with Gasteiger partial charge in [0.1, 0.15) is 5.75 Å². The van der Waals surface area contributed by atoms with Crippen LogP contribution in [0.2, 0.25) is 5.02 Å². The van der Waals surface area contributed by atoms with Crippen LogP contribution < -0.4 is 4.74 Å². The minimum Gasteiger partial charge on any atom is -0.495 e. The number of methoxy groups -OCH3 is 1. The van der Waals surface area contributed by atoms with Crippen molar-refractivity contribution in [3.63, 3.8) is 0 Å². The van der Waals surface area contributed by atoms with Gasteiger partial charge in [-0.15, -0.1) is 0 Å². The van der Waals surface area contributed by atoms with E-state index in [1.165, 1.54) is 11.8 Å². The lowest BCUT2D eigenvalue weighted by Gasteiger charge is -2.15. The van der Waals surface area contributed by atoms with E-state index in [-0.39, 0.29) is 6.61 Å². The molecule has 4 nitrogen and oxygen atoms in total. The van der Waals surface area contributed by atoms with Gasteiger partial charge in [0.25, 0.3) is 0 Å². The van der Waals surface area contributed by atoms with Crippen molar-refractivity contribution in [1.29, 1.82) is 0 Å². The monoisotopic (exact) mass is 360 g/mol. The smallest absolute Gasteiger partial charge is 0.173 e. The number of para-hydroxylation sites is 2. The average molecular weight is 361 g/mol. The number of imidazole rings is 1. The van der Waals surface area contributed by atoms with E-state index in [0.29, 0.717) is 10.8 Å². The lowest BCUT2D eigenvalue weighted by Crippen LogP contribution is -2.02. The number of halogens is 1. The summed E-state index contributed by atoms with van der Waals surface area (Å²) in [5.41, 5.74) is 2.85. The van der Waals surface area contributed by atoms with Gasteiger partial charge in [-0.05, 0) is 24.3 Å². The topological polar surface area (TPSA) is 47.3 Å². The molecule has 124 valence electrons. The Bertz CT molecular complexity index is 818. The molecule has 2 aromatic carbocycles. The average Bonchev–Trinajstić information content (AvgIpc) is 3.04. The fraction of sp³-hybridized carbons (Fsp3) is 0.167. The van der Waals surface area contributed by atoms with E-state index >= 15 is 0 Å². The Morgan fingerprint density at radius 2 is 1.92 bits per heavy atom. The minimum atomic E-state index is 0.0970. The number of hydrogen-bond acceptors (Lipinski definition) is 4. The Morgan fingerprint density at radius 3 is 2.62 bits per heavy atom. The van der Waals surface area contributed by atoms with Crippen molar-refractivity contribution in [2.24, 2.45) is 0 Å². The maximum Gasteiger partial charge on any atom is 0.173 e. The molecule has 0 amide bonds. The quantitative estimate of drug-likeness (QED) is 0.666. The molecular formula is C18H17ClN2O2S. The largest absolute Gasteiger partial charge is 0.495 e. The second kappa shape index (κ2) is 7.75. The molecule has 1 heterocycles. The summed E-state index contributed by atoms with van der Waals surface area (Å²) < 4.78 is 7.55. The zero-order valence-corrected chi connectivity index (χ0v) is 14.7. The number of thioether (sulfide) groups is 1. The van der Waals surface area contributed by atoms with E-state index in [9.17, 15) is 0 Å². The molecule has 0 saturated heterocycles. The molecule has 0 aliphatic heterocycles. The van der Waals surface area contributed by atoms with Gasteiger partial charge < -0.3 is 9.84 Å².